The van der Waals surface area contributed by atoms with Crippen LogP contribution in [-0.4, -0.2) is 27.2 Å². The van der Waals surface area contributed by atoms with Gasteiger partial charge in [-0.05, 0) is 54.7 Å². The van der Waals surface area contributed by atoms with E-state index < -0.39 is 23.9 Å². The number of carbonyl (C=O) groups is 1. The summed E-state index contributed by atoms with van der Waals surface area (Å²) in [4.78, 5) is 12.3. The lowest BCUT2D eigenvalue weighted by Crippen LogP contribution is -2.14. The van der Waals surface area contributed by atoms with E-state index in [2.05, 4.69) is 10.2 Å². The molecule has 0 N–H and O–H groups in total. The molecule has 0 unspecified atom stereocenters. The topological polar surface area (TPSA) is 56.5 Å². The highest BCUT2D eigenvalue weighted by Crippen LogP contribution is 2.35. The Labute approximate surface area is 176 Å². The Hall–Kier alpha value is -2.61. The number of rotatable bonds is 6. The molecule has 30 heavy (non-hydrogen) atoms. The number of benzene rings is 1. The minimum atomic E-state index is -4.62. The average molecular weight is 440 g/mol. The zero-order valence-corrected chi connectivity index (χ0v) is 17.5. The van der Waals surface area contributed by atoms with Gasteiger partial charge in [0, 0.05) is 18.0 Å². The molecule has 0 bridgehead atoms. The first-order valence-corrected chi connectivity index (χ1v) is 9.93. The summed E-state index contributed by atoms with van der Waals surface area (Å²) in [5.41, 5.74) is 4.06. The van der Waals surface area contributed by atoms with Gasteiger partial charge in [-0.25, -0.2) is 0 Å². The minimum Gasteiger partial charge on any atom is -0.466 e. The van der Waals surface area contributed by atoms with E-state index in [1.54, 1.807) is 19.9 Å². The number of aryl methyl sites for hydroxylation is 2. The van der Waals surface area contributed by atoms with E-state index >= 15 is 0 Å². The Morgan fingerprint density at radius 2 is 1.97 bits per heavy atom. The first-order valence-electron chi connectivity index (χ1n) is 9.39. The van der Waals surface area contributed by atoms with Gasteiger partial charge in [-0.1, -0.05) is 18.2 Å². The monoisotopic (exact) mass is 439 g/mol. The van der Waals surface area contributed by atoms with Crippen molar-refractivity contribution in [2.75, 3.05) is 6.61 Å². The maximum absolute atomic E-state index is 13.2. The molecular formula is C21H21ClF3N3O2. The molecule has 1 aromatic carbocycles. The highest BCUT2D eigenvalue weighted by molar-refractivity contribution is 6.17. The number of hydrogen-bond acceptors (Lipinski definition) is 4. The van der Waals surface area contributed by atoms with Crippen LogP contribution in [-0.2, 0) is 21.6 Å². The van der Waals surface area contributed by atoms with Crippen molar-refractivity contribution in [3.05, 3.63) is 64.1 Å². The fourth-order valence-electron chi connectivity index (χ4n) is 3.51. The molecule has 0 spiro atoms. The van der Waals surface area contributed by atoms with Crippen molar-refractivity contribution in [1.82, 2.24) is 14.6 Å². The number of alkyl halides is 4. The van der Waals surface area contributed by atoms with Crippen LogP contribution in [0.25, 0.3) is 5.65 Å². The van der Waals surface area contributed by atoms with Gasteiger partial charge in [0.15, 0.2) is 5.65 Å². The predicted molar refractivity (Wildman–Crippen MR) is 107 cm³/mol. The van der Waals surface area contributed by atoms with Gasteiger partial charge in [0.05, 0.1) is 13.0 Å². The normalized spacial score (nSPS) is 12.9. The Bertz CT molecular complexity index is 1080. The van der Waals surface area contributed by atoms with Gasteiger partial charge in [-0.15, -0.1) is 21.8 Å². The van der Waals surface area contributed by atoms with Crippen molar-refractivity contribution in [3.63, 3.8) is 0 Å². The second-order valence-electron chi connectivity index (χ2n) is 6.99. The number of carbonyl (C=O) groups excluding carboxylic acids is 1. The van der Waals surface area contributed by atoms with E-state index in [9.17, 15) is 18.0 Å². The van der Waals surface area contributed by atoms with Crippen LogP contribution >= 0.6 is 11.6 Å². The Balaban J connectivity index is 2.15. The molecule has 0 saturated carbocycles. The van der Waals surface area contributed by atoms with Gasteiger partial charge in [0.25, 0.3) is 0 Å². The number of esters is 1. The summed E-state index contributed by atoms with van der Waals surface area (Å²) in [7, 11) is 0. The maximum Gasteiger partial charge on any atom is 0.452 e. The lowest BCUT2D eigenvalue weighted by Gasteiger charge is -2.21. The number of fused-ring (bicyclic) bond motifs is 1. The fourth-order valence-corrected chi connectivity index (χ4v) is 3.80. The molecule has 0 aliphatic heterocycles. The molecule has 3 rings (SSSR count). The molecule has 0 amide bonds. The quantitative estimate of drug-likeness (QED) is 0.392. The van der Waals surface area contributed by atoms with E-state index in [1.165, 1.54) is 6.20 Å². The van der Waals surface area contributed by atoms with Gasteiger partial charge in [0.2, 0.25) is 5.82 Å². The maximum atomic E-state index is 13.2. The van der Waals surface area contributed by atoms with Crippen molar-refractivity contribution in [3.8, 4) is 0 Å². The fraction of sp³-hybridized carbons (Fsp3) is 0.381. The van der Waals surface area contributed by atoms with Crippen molar-refractivity contribution < 1.29 is 22.7 Å². The Morgan fingerprint density at radius 3 is 2.60 bits per heavy atom. The van der Waals surface area contributed by atoms with Crippen molar-refractivity contribution in [2.24, 2.45) is 0 Å². The third-order valence-corrected chi connectivity index (χ3v) is 5.38. The first-order chi connectivity index (χ1) is 14.2. The van der Waals surface area contributed by atoms with Crippen LogP contribution in [0.1, 0.15) is 52.9 Å². The average Bonchev–Trinajstić information content (AvgIpc) is 3.13. The standard InChI is InChI=1S/C21H21ClF3N3O2/c1-4-30-18(29)10-17(14-6-5-12(2)15(9-14)11-22)16-7-8-28-19(13(16)3)26-27-20(28)21(23,24)25/h5-9,17H,4,10-11H2,1-3H3/t17-/m0/s1. The van der Waals surface area contributed by atoms with Crippen LogP contribution in [0.2, 0.25) is 0 Å². The number of halogens is 4. The zero-order chi connectivity index (χ0) is 22.1. The Morgan fingerprint density at radius 1 is 1.23 bits per heavy atom. The highest BCUT2D eigenvalue weighted by atomic mass is 35.5. The number of pyridine rings is 1. The van der Waals surface area contributed by atoms with E-state index in [0.29, 0.717) is 17.0 Å². The number of nitrogens with zero attached hydrogens (tertiary/aromatic N) is 3. The van der Waals surface area contributed by atoms with Crippen molar-refractivity contribution >= 4 is 23.2 Å². The van der Waals surface area contributed by atoms with Crippen LogP contribution in [0.15, 0.2) is 30.5 Å². The first kappa shape index (κ1) is 22.1. The molecule has 1 atom stereocenters. The summed E-state index contributed by atoms with van der Waals surface area (Å²) in [5, 5.41) is 7.05. The van der Waals surface area contributed by atoms with Crippen LogP contribution in [0.5, 0.6) is 0 Å². The molecule has 3 aromatic rings. The Kier molecular flexibility index (Phi) is 6.36. The summed E-state index contributed by atoms with van der Waals surface area (Å²) in [5.74, 6) is -1.60. The van der Waals surface area contributed by atoms with Gasteiger partial charge in [-0.2, -0.15) is 13.2 Å². The lowest BCUT2D eigenvalue weighted by atomic mass is 9.85. The summed E-state index contributed by atoms with van der Waals surface area (Å²) in [6.07, 6.45) is -3.30. The summed E-state index contributed by atoms with van der Waals surface area (Å²) in [6, 6.07) is 7.30. The minimum absolute atomic E-state index is 0.0376. The number of aromatic nitrogens is 3. The predicted octanol–water partition coefficient (Wildman–Crippen LogP) is 5.19. The second kappa shape index (κ2) is 8.63. The lowest BCUT2D eigenvalue weighted by molar-refractivity contribution is -0.145. The molecule has 5 nitrogen and oxygen atoms in total. The largest absolute Gasteiger partial charge is 0.466 e. The number of ether oxygens (including phenoxy) is 1. The van der Waals surface area contributed by atoms with Gasteiger partial charge in [0.1, 0.15) is 0 Å². The molecule has 0 fully saturated rings. The van der Waals surface area contributed by atoms with Crippen LogP contribution in [0.4, 0.5) is 13.2 Å². The molecule has 2 heterocycles. The molecule has 0 aliphatic rings. The number of hydrogen-bond donors (Lipinski definition) is 0. The highest BCUT2D eigenvalue weighted by Gasteiger charge is 2.37. The van der Waals surface area contributed by atoms with Crippen molar-refractivity contribution in [1.29, 1.82) is 0 Å². The molecule has 2 aromatic heterocycles. The molecule has 9 heteroatoms. The molecule has 0 saturated heterocycles. The van der Waals surface area contributed by atoms with Crippen LogP contribution < -0.4 is 0 Å². The SMILES string of the molecule is CCOC(=O)C[C@@H](c1ccc(C)c(CCl)c1)c1ccn2c(C(F)(F)F)nnc2c1C. The van der Waals surface area contributed by atoms with E-state index in [0.717, 1.165) is 21.1 Å². The van der Waals surface area contributed by atoms with E-state index in [1.807, 2.05) is 25.1 Å². The molecule has 0 radical (unpaired) electrons. The second-order valence-corrected chi connectivity index (χ2v) is 7.26. The van der Waals surface area contributed by atoms with E-state index in [4.69, 9.17) is 16.3 Å². The van der Waals surface area contributed by atoms with Crippen molar-refractivity contribution in [2.45, 2.75) is 45.2 Å². The van der Waals surface area contributed by atoms with Gasteiger partial charge >= 0.3 is 12.1 Å². The molecule has 0 aliphatic carbocycles. The summed E-state index contributed by atoms with van der Waals surface area (Å²) < 4.78 is 45.6. The van der Waals surface area contributed by atoms with Gasteiger partial charge < -0.3 is 4.74 Å². The summed E-state index contributed by atoms with van der Waals surface area (Å²) >= 11 is 6.05. The molecular weight excluding hydrogens is 419 g/mol. The third-order valence-electron chi connectivity index (χ3n) is 5.09. The third kappa shape index (κ3) is 4.28. The smallest absolute Gasteiger partial charge is 0.452 e. The van der Waals surface area contributed by atoms with Gasteiger partial charge in [-0.3, -0.25) is 9.20 Å². The zero-order valence-electron chi connectivity index (χ0n) is 16.8. The summed E-state index contributed by atoms with van der Waals surface area (Å²) in [6.45, 7) is 5.57. The van der Waals surface area contributed by atoms with Crippen LogP contribution in [0, 0.1) is 13.8 Å². The molecule has 160 valence electrons. The van der Waals surface area contributed by atoms with Crippen LogP contribution in [0.3, 0.4) is 0 Å². The van der Waals surface area contributed by atoms with E-state index in [-0.39, 0.29) is 18.7 Å².